The van der Waals surface area contributed by atoms with Gasteiger partial charge in [-0.1, -0.05) is 13.8 Å². The van der Waals surface area contributed by atoms with Gasteiger partial charge in [-0.2, -0.15) is 0 Å². The van der Waals surface area contributed by atoms with Crippen LogP contribution in [0.1, 0.15) is 72.1 Å². The molecule has 4 saturated carbocycles. The highest BCUT2D eigenvalue weighted by molar-refractivity contribution is 5.87. The van der Waals surface area contributed by atoms with Gasteiger partial charge < -0.3 is 5.11 Å². The van der Waals surface area contributed by atoms with Gasteiger partial charge in [0.15, 0.2) is 0 Å². The lowest BCUT2D eigenvalue weighted by Gasteiger charge is -2.57. The molecule has 0 spiro atoms. The zero-order chi connectivity index (χ0) is 15.7. The van der Waals surface area contributed by atoms with Crippen LogP contribution in [0.15, 0.2) is 0 Å². The molecule has 8 atom stereocenters. The van der Waals surface area contributed by atoms with Crippen LogP contribution < -0.4 is 0 Å². The minimum atomic E-state index is -0.458. The smallest absolute Gasteiger partial charge is 0.139 e. The van der Waals surface area contributed by atoms with E-state index in [2.05, 4.69) is 13.8 Å². The summed E-state index contributed by atoms with van der Waals surface area (Å²) in [6, 6.07) is 0. The largest absolute Gasteiger partial charge is 0.390 e. The van der Waals surface area contributed by atoms with Crippen molar-refractivity contribution in [1.82, 2.24) is 0 Å². The Balaban J connectivity index is 1.59. The number of aliphatic hydroxyl groups is 1. The molecule has 0 amide bonds. The van der Waals surface area contributed by atoms with E-state index in [1.165, 1.54) is 25.7 Å². The molecular weight excluding hydrogens is 272 g/mol. The van der Waals surface area contributed by atoms with E-state index in [1.54, 1.807) is 0 Å². The topological polar surface area (TPSA) is 37.3 Å². The van der Waals surface area contributed by atoms with Gasteiger partial charge in [-0.15, -0.1) is 0 Å². The average molecular weight is 304 g/mol. The molecule has 0 bridgehead atoms. The van der Waals surface area contributed by atoms with Crippen molar-refractivity contribution in [2.75, 3.05) is 0 Å². The van der Waals surface area contributed by atoms with E-state index in [9.17, 15) is 9.90 Å². The van der Waals surface area contributed by atoms with E-state index < -0.39 is 5.60 Å². The van der Waals surface area contributed by atoms with Gasteiger partial charge in [0.2, 0.25) is 0 Å². The van der Waals surface area contributed by atoms with E-state index >= 15 is 0 Å². The van der Waals surface area contributed by atoms with Crippen LogP contribution in [-0.4, -0.2) is 16.5 Å². The maximum atomic E-state index is 12.4. The third-order valence-corrected chi connectivity index (χ3v) is 8.59. The van der Waals surface area contributed by atoms with Crippen LogP contribution in [0.4, 0.5) is 0 Å². The first-order valence-electron chi connectivity index (χ1n) is 9.58. The average Bonchev–Trinajstić information content (AvgIpc) is 2.76. The van der Waals surface area contributed by atoms with Crippen molar-refractivity contribution < 1.29 is 9.90 Å². The monoisotopic (exact) mass is 304 g/mol. The molecule has 2 heteroatoms. The standard InChI is InChI=1S/C20H32O2/c1-12-10-16-13(11-20(12,3)22)4-5-15-14(16)8-9-19(2)17(15)6-7-18(19)21/h12-17,22H,4-11H2,1-3H3/t12?,13-,14?,15?,16+,17?,19+,20+/m1/s1. The fourth-order valence-electron chi connectivity index (χ4n) is 7.02. The molecule has 4 fully saturated rings. The Bertz CT molecular complexity index is 482. The summed E-state index contributed by atoms with van der Waals surface area (Å²) in [5, 5.41) is 10.7. The van der Waals surface area contributed by atoms with Crippen molar-refractivity contribution >= 4 is 5.78 Å². The molecule has 0 aromatic carbocycles. The summed E-state index contributed by atoms with van der Waals surface area (Å²) in [7, 11) is 0. The predicted octanol–water partition coefficient (Wildman–Crippen LogP) is 4.21. The first-order chi connectivity index (χ1) is 10.3. The van der Waals surface area contributed by atoms with Crippen LogP contribution in [0.2, 0.25) is 0 Å². The van der Waals surface area contributed by atoms with Crippen LogP contribution in [-0.2, 0) is 4.79 Å². The van der Waals surface area contributed by atoms with Gasteiger partial charge in [0.1, 0.15) is 5.78 Å². The Morgan fingerprint density at radius 3 is 2.59 bits per heavy atom. The molecule has 2 nitrogen and oxygen atoms in total. The quantitative estimate of drug-likeness (QED) is 0.728. The van der Waals surface area contributed by atoms with Gasteiger partial charge in [-0.25, -0.2) is 0 Å². The number of carbonyl (C=O) groups excluding carboxylic acids is 1. The number of rotatable bonds is 0. The maximum absolute atomic E-state index is 12.4. The van der Waals surface area contributed by atoms with Crippen molar-refractivity contribution in [3.8, 4) is 0 Å². The van der Waals surface area contributed by atoms with Gasteiger partial charge in [-0.05, 0) is 87.4 Å². The summed E-state index contributed by atoms with van der Waals surface area (Å²) in [6.45, 7) is 6.56. The predicted molar refractivity (Wildman–Crippen MR) is 87.3 cm³/mol. The van der Waals surface area contributed by atoms with Crippen molar-refractivity contribution in [1.29, 1.82) is 0 Å². The number of ketones is 1. The second-order valence-electron chi connectivity index (χ2n) is 9.55. The van der Waals surface area contributed by atoms with Gasteiger partial charge in [0.25, 0.3) is 0 Å². The third kappa shape index (κ3) is 1.98. The second kappa shape index (κ2) is 4.82. The van der Waals surface area contributed by atoms with Gasteiger partial charge >= 0.3 is 0 Å². The molecule has 4 aliphatic carbocycles. The van der Waals surface area contributed by atoms with Crippen molar-refractivity contribution in [2.24, 2.45) is 40.9 Å². The maximum Gasteiger partial charge on any atom is 0.139 e. The van der Waals surface area contributed by atoms with E-state index in [0.29, 0.717) is 17.6 Å². The zero-order valence-corrected chi connectivity index (χ0v) is 14.5. The summed E-state index contributed by atoms with van der Waals surface area (Å²) in [6.07, 6.45) is 9.19. The third-order valence-electron chi connectivity index (χ3n) is 8.59. The molecule has 0 saturated heterocycles. The molecular formula is C20H32O2. The van der Waals surface area contributed by atoms with Gasteiger partial charge in [0, 0.05) is 11.8 Å². The molecule has 0 aromatic heterocycles. The van der Waals surface area contributed by atoms with Crippen LogP contribution in [0.5, 0.6) is 0 Å². The Labute approximate surface area is 135 Å². The molecule has 0 radical (unpaired) electrons. The number of fused-ring (bicyclic) bond motifs is 5. The molecule has 1 N–H and O–H groups in total. The van der Waals surface area contributed by atoms with Crippen LogP contribution in [0.3, 0.4) is 0 Å². The Hall–Kier alpha value is -0.370. The first-order valence-corrected chi connectivity index (χ1v) is 9.58. The summed E-state index contributed by atoms with van der Waals surface area (Å²) < 4.78 is 0. The first kappa shape index (κ1) is 15.2. The van der Waals surface area contributed by atoms with Crippen LogP contribution >= 0.6 is 0 Å². The van der Waals surface area contributed by atoms with E-state index in [-0.39, 0.29) is 5.41 Å². The second-order valence-corrected chi connectivity index (χ2v) is 9.55. The lowest BCUT2D eigenvalue weighted by Crippen LogP contribution is -2.52. The van der Waals surface area contributed by atoms with Crippen LogP contribution in [0, 0.1) is 40.9 Å². The summed E-state index contributed by atoms with van der Waals surface area (Å²) in [4.78, 5) is 12.4. The highest BCUT2D eigenvalue weighted by Gasteiger charge is 2.58. The van der Waals surface area contributed by atoms with Crippen molar-refractivity contribution in [2.45, 2.75) is 77.7 Å². The van der Waals surface area contributed by atoms with Crippen LogP contribution in [0.25, 0.3) is 0 Å². The fraction of sp³-hybridized carbons (Fsp3) is 0.950. The molecule has 0 aliphatic heterocycles. The summed E-state index contributed by atoms with van der Waals surface area (Å²) >= 11 is 0. The highest BCUT2D eigenvalue weighted by atomic mass is 16.3. The number of carbonyl (C=O) groups is 1. The Morgan fingerprint density at radius 1 is 1.05 bits per heavy atom. The number of hydrogen-bond donors (Lipinski definition) is 1. The lowest BCUT2D eigenvalue weighted by atomic mass is 9.49. The Morgan fingerprint density at radius 2 is 1.82 bits per heavy atom. The van der Waals surface area contributed by atoms with E-state index in [0.717, 1.165) is 49.4 Å². The zero-order valence-electron chi connectivity index (χ0n) is 14.5. The fourth-order valence-corrected chi connectivity index (χ4v) is 7.02. The van der Waals surface area contributed by atoms with E-state index in [4.69, 9.17) is 0 Å². The lowest BCUT2D eigenvalue weighted by molar-refractivity contribution is -0.138. The molecule has 0 heterocycles. The minimum Gasteiger partial charge on any atom is -0.390 e. The molecule has 22 heavy (non-hydrogen) atoms. The number of Topliss-reactive ketones (excluding diaryl/α,β-unsaturated/α-hetero) is 1. The van der Waals surface area contributed by atoms with E-state index in [1.807, 2.05) is 6.92 Å². The highest BCUT2D eigenvalue weighted by Crippen LogP contribution is 2.62. The molecule has 4 rings (SSSR count). The molecule has 4 aliphatic rings. The molecule has 124 valence electrons. The molecule has 0 aromatic rings. The van der Waals surface area contributed by atoms with Crippen molar-refractivity contribution in [3.05, 3.63) is 0 Å². The SMILES string of the molecule is CC1C[C@@H]2C3CC[C@]4(C)C(=O)CCC4C3CC[C@@H]2C[C@]1(C)O. The summed E-state index contributed by atoms with van der Waals surface area (Å²) in [5.74, 6) is 4.81. The summed E-state index contributed by atoms with van der Waals surface area (Å²) in [5.41, 5.74) is -0.444. The van der Waals surface area contributed by atoms with Gasteiger partial charge in [-0.3, -0.25) is 4.79 Å². The molecule has 4 unspecified atom stereocenters. The number of hydrogen-bond acceptors (Lipinski definition) is 2. The normalized spacial score (nSPS) is 57.9. The Kier molecular flexibility index (Phi) is 3.32. The minimum absolute atomic E-state index is 0.0137. The van der Waals surface area contributed by atoms with Gasteiger partial charge in [0.05, 0.1) is 5.60 Å². The van der Waals surface area contributed by atoms with Crippen molar-refractivity contribution in [3.63, 3.8) is 0 Å².